The van der Waals surface area contributed by atoms with Crippen LogP contribution < -0.4 is 16.0 Å². The van der Waals surface area contributed by atoms with Gasteiger partial charge in [-0.25, -0.2) is 4.99 Å². The van der Waals surface area contributed by atoms with Crippen molar-refractivity contribution in [1.82, 2.24) is 15.5 Å². The van der Waals surface area contributed by atoms with Crippen LogP contribution >= 0.6 is 0 Å². The lowest BCUT2D eigenvalue weighted by atomic mass is 10.2. The maximum Gasteiger partial charge on any atom is 0.241 e. The molecule has 0 aromatic heterocycles. The van der Waals surface area contributed by atoms with Crippen LogP contribution in [0.5, 0.6) is 0 Å². The van der Waals surface area contributed by atoms with Crippen LogP contribution in [-0.2, 0) is 16.1 Å². The fraction of sp³-hybridized carbons (Fsp3) is 0.500. The molecule has 1 rings (SSSR count). The molecule has 0 aliphatic heterocycles. The molecule has 0 saturated heterocycles. The fourth-order valence-electron chi connectivity index (χ4n) is 1.81. The SMILES string of the molecule is CCNC(=NCc1ccc(NC(=O)C(C)C)cc1)NCC(=O)N(C)C. The van der Waals surface area contributed by atoms with Gasteiger partial charge in [0.15, 0.2) is 5.96 Å². The number of nitrogens with one attached hydrogen (secondary N) is 3. The van der Waals surface area contributed by atoms with Crippen LogP contribution in [0.1, 0.15) is 26.3 Å². The third-order valence-corrected chi connectivity index (χ3v) is 3.42. The van der Waals surface area contributed by atoms with Crippen LogP contribution in [0.15, 0.2) is 29.3 Å². The summed E-state index contributed by atoms with van der Waals surface area (Å²) in [6, 6.07) is 7.57. The van der Waals surface area contributed by atoms with E-state index in [1.165, 1.54) is 4.90 Å². The summed E-state index contributed by atoms with van der Waals surface area (Å²) in [6.07, 6.45) is 0. The zero-order valence-electron chi connectivity index (χ0n) is 15.7. The van der Waals surface area contributed by atoms with E-state index in [2.05, 4.69) is 20.9 Å². The molecule has 0 atom stereocenters. The van der Waals surface area contributed by atoms with E-state index in [0.29, 0.717) is 19.0 Å². The van der Waals surface area contributed by atoms with Crippen molar-refractivity contribution >= 4 is 23.5 Å². The third-order valence-electron chi connectivity index (χ3n) is 3.42. The van der Waals surface area contributed by atoms with Gasteiger partial charge in [0.1, 0.15) is 0 Å². The number of aliphatic imine (C=N–C) groups is 1. The topological polar surface area (TPSA) is 85.8 Å². The Kier molecular flexibility index (Phi) is 8.46. The first-order chi connectivity index (χ1) is 11.8. The van der Waals surface area contributed by atoms with Crippen molar-refractivity contribution in [2.75, 3.05) is 32.5 Å². The van der Waals surface area contributed by atoms with Crippen molar-refractivity contribution in [1.29, 1.82) is 0 Å². The molecule has 7 nitrogen and oxygen atoms in total. The summed E-state index contributed by atoms with van der Waals surface area (Å²) < 4.78 is 0. The van der Waals surface area contributed by atoms with Crippen LogP contribution in [0.25, 0.3) is 0 Å². The highest BCUT2D eigenvalue weighted by atomic mass is 16.2. The number of rotatable bonds is 7. The van der Waals surface area contributed by atoms with Gasteiger partial charge in [-0.15, -0.1) is 0 Å². The highest BCUT2D eigenvalue weighted by Gasteiger charge is 2.07. The molecule has 7 heteroatoms. The number of likely N-dealkylation sites (N-methyl/N-ethyl adjacent to an activating group) is 1. The Bertz CT molecular complexity index is 594. The van der Waals surface area contributed by atoms with Crippen LogP contribution in [0.2, 0.25) is 0 Å². The zero-order valence-corrected chi connectivity index (χ0v) is 15.7. The Morgan fingerprint density at radius 1 is 1.12 bits per heavy atom. The van der Waals surface area contributed by atoms with Crippen molar-refractivity contribution < 1.29 is 9.59 Å². The minimum Gasteiger partial charge on any atom is -0.357 e. The molecule has 0 bridgehead atoms. The third kappa shape index (κ3) is 7.69. The Hall–Kier alpha value is -2.57. The van der Waals surface area contributed by atoms with Gasteiger partial charge in [0, 0.05) is 32.2 Å². The van der Waals surface area contributed by atoms with E-state index in [-0.39, 0.29) is 24.3 Å². The second-order valence-electron chi connectivity index (χ2n) is 6.18. The second kappa shape index (κ2) is 10.3. The van der Waals surface area contributed by atoms with Crippen molar-refractivity contribution in [3.8, 4) is 0 Å². The first-order valence-electron chi connectivity index (χ1n) is 8.45. The molecule has 1 aromatic carbocycles. The van der Waals surface area contributed by atoms with Crippen LogP contribution in [0, 0.1) is 5.92 Å². The summed E-state index contributed by atoms with van der Waals surface area (Å²) in [5.74, 6) is 0.517. The molecule has 0 radical (unpaired) electrons. The Labute approximate surface area is 149 Å². The van der Waals surface area contributed by atoms with Crippen molar-refractivity contribution in [2.45, 2.75) is 27.3 Å². The molecule has 0 unspecified atom stereocenters. The number of nitrogens with zero attached hydrogens (tertiary/aromatic N) is 2. The van der Waals surface area contributed by atoms with E-state index in [1.54, 1.807) is 14.1 Å². The molecule has 1 aromatic rings. The predicted octanol–water partition coefficient (Wildman–Crippen LogP) is 1.42. The lowest BCUT2D eigenvalue weighted by molar-refractivity contribution is -0.127. The smallest absolute Gasteiger partial charge is 0.241 e. The van der Waals surface area contributed by atoms with Crippen LogP contribution in [-0.4, -0.2) is 49.9 Å². The summed E-state index contributed by atoms with van der Waals surface area (Å²) in [5.41, 5.74) is 1.78. The van der Waals surface area contributed by atoms with Crippen LogP contribution in [0.3, 0.4) is 0 Å². The fourth-order valence-corrected chi connectivity index (χ4v) is 1.81. The van der Waals surface area contributed by atoms with Gasteiger partial charge in [0.05, 0.1) is 13.1 Å². The normalized spacial score (nSPS) is 11.2. The lowest BCUT2D eigenvalue weighted by Gasteiger charge is -2.14. The van der Waals surface area contributed by atoms with E-state index >= 15 is 0 Å². The molecule has 138 valence electrons. The molecule has 0 aliphatic carbocycles. The molecule has 0 aliphatic rings. The van der Waals surface area contributed by atoms with Crippen molar-refractivity contribution in [3.05, 3.63) is 29.8 Å². The number of hydrogen-bond donors (Lipinski definition) is 3. The van der Waals surface area contributed by atoms with Crippen molar-refractivity contribution in [3.63, 3.8) is 0 Å². The molecule has 0 spiro atoms. The number of benzene rings is 1. The summed E-state index contributed by atoms with van der Waals surface area (Å²) in [6.45, 7) is 7.06. The summed E-state index contributed by atoms with van der Waals surface area (Å²) in [4.78, 5) is 29.3. The number of amides is 2. The van der Waals surface area contributed by atoms with Gasteiger partial charge >= 0.3 is 0 Å². The highest BCUT2D eigenvalue weighted by molar-refractivity contribution is 5.92. The number of anilines is 1. The standard InChI is InChI=1S/C18H29N5O2/c1-6-19-18(21-12-16(24)23(4)5)20-11-14-7-9-15(10-8-14)22-17(25)13(2)3/h7-10,13H,6,11-12H2,1-5H3,(H,22,25)(H2,19,20,21). The minimum atomic E-state index is -0.0529. The van der Waals surface area contributed by atoms with E-state index in [0.717, 1.165) is 11.3 Å². The molecule has 25 heavy (non-hydrogen) atoms. The molecule has 2 amide bonds. The number of carbonyl (C=O) groups excluding carboxylic acids is 2. The largest absolute Gasteiger partial charge is 0.357 e. The van der Waals surface area contributed by atoms with E-state index < -0.39 is 0 Å². The maximum absolute atomic E-state index is 11.7. The van der Waals surface area contributed by atoms with Gasteiger partial charge in [-0.2, -0.15) is 0 Å². The number of carbonyl (C=O) groups is 2. The Morgan fingerprint density at radius 3 is 2.28 bits per heavy atom. The van der Waals surface area contributed by atoms with E-state index in [9.17, 15) is 9.59 Å². The first kappa shape index (κ1) is 20.5. The molecule has 0 saturated carbocycles. The monoisotopic (exact) mass is 347 g/mol. The zero-order chi connectivity index (χ0) is 18.8. The molecule has 0 fully saturated rings. The molecular formula is C18H29N5O2. The van der Waals surface area contributed by atoms with Crippen molar-refractivity contribution in [2.24, 2.45) is 10.9 Å². The molecular weight excluding hydrogens is 318 g/mol. The molecule has 3 N–H and O–H groups in total. The predicted molar refractivity (Wildman–Crippen MR) is 101 cm³/mol. The lowest BCUT2D eigenvalue weighted by Crippen LogP contribution is -2.42. The maximum atomic E-state index is 11.7. The summed E-state index contributed by atoms with van der Waals surface area (Å²) >= 11 is 0. The average molecular weight is 347 g/mol. The van der Waals surface area contributed by atoms with Gasteiger partial charge in [-0.05, 0) is 24.6 Å². The second-order valence-corrected chi connectivity index (χ2v) is 6.18. The Morgan fingerprint density at radius 2 is 1.76 bits per heavy atom. The van der Waals surface area contributed by atoms with E-state index in [1.807, 2.05) is 45.0 Å². The minimum absolute atomic E-state index is 0.00466. The Balaban J connectivity index is 2.63. The van der Waals surface area contributed by atoms with Gasteiger partial charge in [-0.1, -0.05) is 26.0 Å². The highest BCUT2D eigenvalue weighted by Crippen LogP contribution is 2.11. The summed E-state index contributed by atoms with van der Waals surface area (Å²) in [7, 11) is 3.43. The number of guanidine groups is 1. The quantitative estimate of drug-likeness (QED) is 0.514. The van der Waals surface area contributed by atoms with Gasteiger partial charge in [-0.3, -0.25) is 9.59 Å². The van der Waals surface area contributed by atoms with Gasteiger partial charge in [0.2, 0.25) is 11.8 Å². The summed E-state index contributed by atoms with van der Waals surface area (Å²) in [5, 5.41) is 8.98. The van der Waals surface area contributed by atoms with Crippen LogP contribution in [0.4, 0.5) is 5.69 Å². The first-order valence-corrected chi connectivity index (χ1v) is 8.45. The number of hydrogen-bond acceptors (Lipinski definition) is 3. The average Bonchev–Trinajstić information content (AvgIpc) is 2.58. The molecule has 0 heterocycles. The van der Waals surface area contributed by atoms with E-state index in [4.69, 9.17) is 0 Å². The van der Waals surface area contributed by atoms with Gasteiger partial charge < -0.3 is 20.9 Å². The van der Waals surface area contributed by atoms with Gasteiger partial charge in [0.25, 0.3) is 0 Å².